The molecular formula is C25H31N4O2+. The van der Waals surface area contributed by atoms with E-state index in [-0.39, 0.29) is 11.5 Å². The van der Waals surface area contributed by atoms with Gasteiger partial charge in [-0.25, -0.2) is 4.98 Å². The fraction of sp³-hybridized carbons (Fsp3) is 0.400. The smallest absolute Gasteiger partial charge is 0.261 e. The number of amides is 1. The Morgan fingerprint density at radius 3 is 2.55 bits per heavy atom. The number of nitrogens with zero attached hydrogens (tertiary/aromatic N) is 2. The van der Waals surface area contributed by atoms with Crippen LogP contribution in [0.5, 0.6) is 0 Å². The Labute approximate surface area is 182 Å². The minimum atomic E-state index is -0.0739. The predicted molar refractivity (Wildman–Crippen MR) is 122 cm³/mol. The number of carbonyl (C=O) groups is 1. The van der Waals surface area contributed by atoms with Crippen molar-refractivity contribution in [2.45, 2.75) is 45.2 Å². The highest BCUT2D eigenvalue weighted by Crippen LogP contribution is 2.10. The van der Waals surface area contributed by atoms with Crippen LogP contribution in [0.15, 0.2) is 53.3 Å². The summed E-state index contributed by atoms with van der Waals surface area (Å²) in [5.41, 5.74) is 3.11. The van der Waals surface area contributed by atoms with Crippen LogP contribution >= 0.6 is 0 Å². The molecule has 0 atom stereocenters. The van der Waals surface area contributed by atoms with E-state index in [0.717, 1.165) is 6.54 Å². The van der Waals surface area contributed by atoms with E-state index in [1.54, 1.807) is 22.6 Å². The summed E-state index contributed by atoms with van der Waals surface area (Å²) < 4.78 is 1.55. The van der Waals surface area contributed by atoms with Crippen LogP contribution in [0.25, 0.3) is 10.9 Å². The number of hydrogen-bond acceptors (Lipinski definition) is 3. The maximum absolute atomic E-state index is 12.5. The molecular weight excluding hydrogens is 388 g/mol. The molecule has 4 rings (SSSR count). The van der Waals surface area contributed by atoms with Crippen LogP contribution in [0.4, 0.5) is 0 Å². The number of rotatable bonds is 7. The lowest BCUT2D eigenvalue weighted by molar-refractivity contribution is -0.918. The van der Waals surface area contributed by atoms with Crippen molar-refractivity contribution in [2.75, 3.05) is 13.1 Å². The number of fused-ring (bicyclic) bond motifs is 1. The zero-order valence-electron chi connectivity index (χ0n) is 18.2. The standard InChI is InChI=1S/C25H30N4O2/c1-28-23(27-22-12-6-5-11-21(22)25(28)31)13-14-24(30)26-17-19-9-3-4-10-20(19)18-29-15-7-2-8-16-29/h3-6,9-12H,2,7-8,13-18H2,1H3,(H,26,30)/p+1. The van der Waals surface area contributed by atoms with Gasteiger partial charge < -0.3 is 10.2 Å². The van der Waals surface area contributed by atoms with Gasteiger partial charge in [0, 0.05) is 32.0 Å². The number of likely N-dealkylation sites (tertiary alicyclic amines) is 1. The molecule has 162 valence electrons. The number of para-hydroxylation sites is 1. The van der Waals surface area contributed by atoms with Gasteiger partial charge in [-0.05, 0) is 37.0 Å². The Morgan fingerprint density at radius 1 is 1.03 bits per heavy atom. The molecule has 0 saturated carbocycles. The molecule has 0 spiro atoms. The summed E-state index contributed by atoms with van der Waals surface area (Å²) in [6.07, 6.45) is 4.69. The van der Waals surface area contributed by atoms with E-state index in [9.17, 15) is 9.59 Å². The molecule has 0 bridgehead atoms. The summed E-state index contributed by atoms with van der Waals surface area (Å²) in [6, 6.07) is 15.7. The highest BCUT2D eigenvalue weighted by atomic mass is 16.1. The Hall–Kier alpha value is -2.99. The topological polar surface area (TPSA) is 68.4 Å². The van der Waals surface area contributed by atoms with Crippen molar-refractivity contribution in [2.24, 2.45) is 7.05 Å². The number of quaternary nitrogens is 1. The van der Waals surface area contributed by atoms with Crippen molar-refractivity contribution in [3.05, 3.63) is 75.8 Å². The number of nitrogens with one attached hydrogen (secondary N) is 2. The lowest BCUT2D eigenvalue weighted by Crippen LogP contribution is -3.11. The highest BCUT2D eigenvalue weighted by Gasteiger charge is 2.16. The predicted octanol–water partition coefficient (Wildman–Crippen LogP) is 1.75. The molecule has 31 heavy (non-hydrogen) atoms. The Balaban J connectivity index is 1.36. The largest absolute Gasteiger partial charge is 0.352 e. The van der Waals surface area contributed by atoms with Gasteiger partial charge in [0.15, 0.2) is 0 Å². The second-order valence-corrected chi connectivity index (χ2v) is 8.44. The van der Waals surface area contributed by atoms with Crippen LogP contribution in [0.3, 0.4) is 0 Å². The summed E-state index contributed by atoms with van der Waals surface area (Å²) in [6.45, 7) is 4.03. The molecule has 0 aliphatic carbocycles. The van der Waals surface area contributed by atoms with Crippen molar-refractivity contribution in [3.8, 4) is 0 Å². The average molecular weight is 420 g/mol. The minimum absolute atomic E-state index is 0.0254. The minimum Gasteiger partial charge on any atom is -0.352 e. The Morgan fingerprint density at radius 2 is 1.74 bits per heavy atom. The number of hydrogen-bond donors (Lipinski definition) is 2. The first-order valence-electron chi connectivity index (χ1n) is 11.2. The molecule has 0 unspecified atom stereocenters. The molecule has 2 N–H and O–H groups in total. The molecule has 3 aromatic rings. The van der Waals surface area contributed by atoms with Crippen molar-refractivity contribution < 1.29 is 9.69 Å². The van der Waals surface area contributed by atoms with Crippen molar-refractivity contribution in [3.63, 3.8) is 0 Å². The van der Waals surface area contributed by atoms with Gasteiger partial charge in [0.05, 0.1) is 24.0 Å². The molecule has 1 fully saturated rings. The van der Waals surface area contributed by atoms with Crippen molar-refractivity contribution in [1.82, 2.24) is 14.9 Å². The zero-order chi connectivity index (χ0) is 21.6. The lowest BCUT2D eigenvalue weighted by Gasteiger charge is -2.24. The molecule has 6 heteroatoms. The second kappa shape index (κ2) is 9.88. The van der Waals surface area contributed by atoms with Crippen LogP contribution in [0, 0.1) is 0 Å². The van der Waals surface area contributed by atoms with Gasteiger partial charge in [0.25, 0.3) is 5.56 Å². The molecule has 1 aliphatic heterocycles. The third-order valence-electron chi connectivity index (χ3n) is 6.25. The van der Waals surface area contributed by atoms with E-state index in [1.165, 1.54) is 43.5 Å². The van der Waals surface area contributed by atoms with Crippen LogP contribution < -0.4 is 15.8 Å². The molecule has 1 saturated heterocycles. The van der Waals surface area contributed by atoms with Crippen LogP contribution in [-0.4, -0.2) is 28.5 Å². The molecule has 1 aromatic heterocycles. The van der Waals surface area contributed by atoms with E-state index < -0.39 is 0 Å². The second-order valence-electron chi connectivity index (χ2n) is 8.44. The molecule has 0 radical (unpaired) electrons. The monoisotopic (exact) mass is 419 g/mol. The van der Waals surface area contributed by atoms with Gasteiger partial charge in [-0.3, -0.25) is 14.2 Å². The van der Waals surface area contributed by atoms with Crippen molar-refractivity contribution in [1.29, 1.82) is 0 Å². The number of aromatic nitrogens is 2. The number of carbonyl (C=O) groups excluding carboxylic acids is 1. The van der Waals surface area contributed by atoms with E-state index >= 15 is 0 Å². The number of piperidine rings is 1. The van der Waals surface area contributed by atoms with Crippen LogP contribution in [0.2, 0.25) is 0 Å². The van der Waals surface area contributed by atoms with E-state index in [4.69, 9.17) is 0 Å². The van der Waals surface area contributed by atoms with E-state index in [2.05, 4.69) is 28.5 Å². The lowest BCUT2D eigenvalue weighted by atomic mass is 10.0. The molecule has 1 aliphatic rings. The first kappa shape index (κ1) is 21.2. The van der Waals surface area contributed by atoms with E-state index in [1.807, 2.05) is 24.3 Å². The van der Waals surface area contributed by atoms with Gasteiger partial charge in [0.1, 0.15) is 12.4 Å². The van der Waals surface area contributed by atoms with Gasteiger partial charge in [-0.1, -0.05) is 36.4 Å². The number of aryl methyl sites for hydroxylation is 1. The Bertz CT molecular complexity index is 1120. The first-order valence-corrected chi connectivity index (χ1v) is 11.2. The quantitative estimate of drug-likeness (QED) is 0.613. The van der Waals surface area contributed by atoms with Gasteiger partial charge in [-0.2, -0.15) is 0 Å². The Kier molecular flexibility index (Phi) is 6.77. The highest BCUT2D eigenvalue weighted by molar-refractivity contribution is 5.78. The summed E-state index contributed by atoms with van der Waals surface area (Å²) in [5, 5.41) is 3.66. The average Bonchev–Trinajstić information content (AvgIpc) is 2.80. The summed E-state index contributed by atoms with van der Waals surface area (Å²) in [4.78, 5) is 31.3. The van der Waals surface area contributed by atoms with Gasteiger partial charge >= 0.3 is 0 Å². The normalized spacial score (nSPS) is 14.6. The fourth-order valence-electron chi connectivity index (χ4n) is 4.40. The number of benzene rings is 2. The third-order valence-corrected chi connectivity index (χ3v) is 6.25. The third kappa shape index (κ3) is 5.20. The summed E-state index contributed by atoms with van der Waals surface area (Å²) >= 11 is 0. The molecule has 2 heterocycles. The first-order chi connectivity index (χ1) is 15.1. The summed E-state index contributed by atoms with van der Waals surface area (Å²) in [7, 11) is 1.72. The maximum Gasteiger partial charge on any atom is 0.261 e. The zero-order valence-corrected chi connectivity index (χ0v) is 18.2. The molecule has 1 amide bonds. The van der Waals surface area contributed by atoms with Crippen molar-refractivity contribution >= 4 is 16.8 Å². The fourth-order valence-corrected chi connectivity index (χ4v) is 4.40. The van der Waals surface area contributed by atoms with Gasteiger partial charge in [-0.15, -0.1) is 0 Å². The molecule has 6 nitrogen and oxygen atoms in total. The summed E-state index contributed by atoms with van der Waals surface area (Å²) in [5.74, 6) is 0.607. The SMILES string of the molecule is Cn1c(CCC(=O)NCc2ccccc2C[NH+]2CCCCC2)nc2ccccc2c1=O. The van der Waals surface area contributed by atoms with Gasteiger partial charge in [0.2, 0.25) is 5.91 Å². The van der Waals surface area contributed by atoms with E-state index in [0.29, 0.717) is 36.1 Å². The van der Waals surface area contributed by atoms with Crippen LogP contribution in [0.1, 0.15) is 42.6 Å². The molecule has 2 aromatic carbocycles. The van der Waals surface area contributed by atoms with Crippen LogP contribution in [-0.2, 0) is 31.4 Å². The maximum atomic E-state index is 12.5.